The second kappa shape index (κ2) is 11.5. The molecule has 1 amide bonds. The average Bonchev–Trinajstić information content (AvgIpc) is 2.69. The fourth-order valence-electron chi connectivity index (χ4n) is 2.69. The number of anilines is 1. The van der Waals surface area contributed by atoms with Gasteiger partial charge in [0.15, 0.2) is 11.5 Å². The Morgan fingerprint density at radius 1 is 1.11 bits per heavy atom. The van der Waals surface area contributed by atoms with Crippen LogP contribution in [-0.4, -0.2) is 19.6 Å². The van der Waals surface area contributed by atoms with Crippen LogP contribution >= 0.6 is 15.9 Å². The Hall–Kier alpha value is -2.27. The van der Waals surface area contributed by atoms with Gasteiger partial charge in [0.25, 0.3) is 0 Å². The second-order valence-electron chi connectivity index (χ2n) is 6.63. The fraction of sp³-hybridized carbons (Fsp3) is 0.348. The van der Waals surface area contributed by atoms with Crippen molar-refractivity contribution in [1.82, 2.24) is 0 Å². The fourth-order valence-corrected chi connectivity index (χ4v) is 3.28. The summed E-state index contributed by atoms with van der Waals surface area (Å²) >= 11 is 3.46. The van der Waals surface area contributed by atoms with Gasteiger partial charge in [-0.2, -0.15) is 0 Å². The van der Waals surface area contributed by atoms with Crippen molar-refractivity contribution >= 4 is 33.6 Å². The van der Waals surface area contributed by atoms with Crippen molar-refractivity contribution in [3.63, 3.8) is 0 Å². The zero-order valence-corrected chi connectivity index (χ0v) is 18.3. The van der Waals surface area contributed by atoms with Crippen molar-refractivity contribution in [2.24, 2.45) is 0 Å². The highest BCUT2D eigenvalue weighted by molar-refractivity contribution is 9.10. The molecule has 0 saturated heterocycles. The van der Waals surface area contributed by atoms with Gasteiger partial charge in [-0.25, -0.2) is 0 Å². The first-order valence-corrected chi connectivity index (χ1v) is 10.4. The first-order valence-electron chi connectivity index (χ1n) is 9.59. The molecule has 0 radical (unpaired) electrons. The minimum atomic E-state index is -0.195. The van der Waals surface area contributed by atoms with Crippen LogP contribution in [0.2, 0.25) is 0 Å². The molecule has 2 rings (SSSR count). The predicted octanol–water partition coefficient (Wildman–Crippen LogP) is 6.38. The van der Waals surface area contributed by atoms with Crippen LogP contribution in [-0.2, 0) is 4.79 Å². The average molecular weight is 446 g/mol. The third-order valence-electron chi connectivity index (χ3n) is 4.25. The number of halogens is 1. The van der Waals surface area contributed by atoms with E-state index in [0.29, 0.717) is 12.4 Å². The largest absolute Gasteiger partial charge is 0.493 e. The first-order chi connectivity index (χ1) is 13.5. The summed E-state index contributed by atoms with van der Waals surface area (Å²) in [5.41, 5.74) is 2.73. The summed E-state index contributed by atoms with van der Waals surface area (Å²) in [5.74, 6) is 1.20. The molecule has 0 aromatic heterocycles. The summed E-state index contributed by atoms with van der Waals surface area (Å²) in [4.78, 5) is 12.2. The Morgan fingerprint density at radius 3 is 2.64 bits per heavy atom. The summed E-state index contributed by atoms with van der Waals surface area (Å²) in [5, 5.41) is 2.86. The normalized spacial score (nSPS) is 10.9. The van der Waals surface area contributed by atoms with Gasteiger partial charge in [0.2, 0.25) is 5.91 Å². The molecule has 0 saturated carbocycles. The van der Waals surface area contributed by atoms with Crippen LogP contribution in [0.4, 0.5) is 5.69 Å². The molecular weight excluding hydrogens is 418 g/mol. The van der Waals surface area contributed by atoms with E-state index >= 15 is 0 Å². The SMILES string of the molecule is CCCCCCOc1ccc(C=CC(=O)Nc2ccc(C)cc2Br)cc1OC. The van der Waals surface area contributed by atoms with Crippen molar-refractivity contribution < 1.29 is 14.3 Å². The maximum atomic E-state index is 12.2. The Morgan fingerprint density at radius 2 is 1.93 bits per heavy atom. The number of rotatable bonds is 10. The zero-order valence-electron chi connectivity index (χ0n) is 16.8. The lowest BCUT2D eigenvalue weighted by Gasteiger charge is -2.11. The highest BCUT2D eigenvalue weighted by Crippen LogP contribution is 2.29. The van der Waals surface area contributed by atoms with E-state index in [0.717, 1.165) is 33.5 Å². The molecule has 0 bridgehead atoms. The van der Waals surface area contributed by atoms with Gasteiger partial charge in [-0.15, -0.1) is 0 Å². The van der Waals surface area contributed by atoms with Crippen molar-refractivity contribution in [2.45, 2.75) is 39.5 Å². The quantitative estimate of drug-likeness (QED) is 0.341. The Kier molecular flexibility index (Phi) is 9.08. The van der Waals surface area contributed by atoms with E-state index in [-0.39, 0.29) is 5.91 Å². The molecule has 0 heterocycles. The molecular formula is C23H28BrNO3. The summed E-state index contributed by atoms with van der Waals surface area (Å²) in [6.45, 7) is 4.87. The molecule has 0 unspecified atom stereocenters. The van der Waals surface area contributed by atoms with Crippen LogP contribution < -0.4 is 14.8 Å². The summed E-state index contributed by atoms with van der Waals surface area (Å²) < 4.78 is 12.1. The number of amides is 1. The van der Waals surface area contributed by atoms with Crippen LogP contribution in [0.25, 0.3) is 6.08 Å². The van der Waals surface area contributed by atoms with Gasteiger partial charge in [0, 0.05) is 10.5 Å². The molecule has 0 atom stereocenters. The molecule has 0 spiro atoms. The molecule has 2 aromatic carbocycles. The second-order valence-corrected chi connectivity index (χ2v) is 7.48. The summed E-state index contributed by atoms with van der Waals surface area (Å²) in [6, 6.07) is 11.5. The first kappa shape index (κ1) is 22.0. The van der Waals surface area contributed by atoms with Crippen LogP contribution in [0, 0.1) is 6.92 Å². The molecule has 150 valence electrons. The lowest BCUT2D eigenvalue weighted by molar-refractivity contribution is -0.111. The van der Waals surface area contributed by atoms with Gasteiger partial charge >= 0.3 is 0 Å². The number of benzene rings is 2. The standard InChI is InChI=1S/C23H28BrNO3/c1-4-5-6-7-14-28-21-12-9-18(16-22(21)27-3)10-13-23(26)25-20-11-8-17(2)15-19(20)24/h8-13,15-16H,4-7,14H2,1-3H3,(H,25,26). The topological polar surface area (TPSA) is 47.6 Å². The molecule has 5 heteroatoms. The number of hydrogen-bond donors (Lipinski definition) is 1. The molecule has 2 aromatic rings. The number of carbonyl (C=O) groups excluding carboxylic acids is 1. The summed E-state index contributed by atoms with van der Waals surface area (Å²) in [6.07, 6.45) is 7.90. The number of unbranched alkanes of at least 4 members (excludes halogenated alkanes) is 3. The number of carbonyl (C=O) groups is 1. The van der Waals surface area contributed by atoms with E-state index in [1.165, 1.54) is 25.3 Å². The molecule has 0 aliphatic heterocycles. The van der Waals surface area contributed by atoms with E-state index < -0.39 is 0 Å². The number of hydrogen-bond acceptors (Lipinski definition) is 3. The zero-order chi connectivity index (χ0) is 20.4. The van der Waals surface area contributed by atoms with E-state index in [1.807, 2.05) is 43.3 Å². The molecule has 0 aliphatic carbocycles. The highest BCUT2D eigenvalue weighted by atomic mass is 79.9. The number of ether oxygens (including phenoxy) is 2. The Bertz CT molecular complexity index is 817. The molecule has 0 aliphatic rings. The van der Waals surface area contributed by atoms with Crippen molar-refractivity contribution in [3.05, 3.63) is 58.1 Å². The van der Waals surface area contributed by atoms with Crippen LogP contribution in [0.1, 0.15) is 43.7 Å². The van der Waals surface area contributed by atoms with E-state index in [1.54, 1.807) is 13.2 Å². The molecule has 1 N–H and O–H groups in total. The minimum Gasteiger partial charge on any atom is -0.493 e. The van der Waals surface area contributed by atoms with Gasteiger partial charge in [-0.05, 0) is 70.7 Å². The van der Waals surface area contributed by atoms with Gasteiger partial charge in [0.05, 0.1) is 19.4 Å². The van der Waals surface area contributed by atoms with Gasteiger partial charge in [-0.3, -0.25) is 4.79 Å². The van der Waals surface area contributed by atoms with Crippen LogP contribution in [0.5, 0.6) is 11.5 Å². The van der Waals surface area contributed by atoms with Gasteiger partial charge < -0.3 is 14.8 Å². The lowest BCUT2D eigenvalue weighted by atomic mass is 10.2. The predicted molar refractivity (Wildman–Crippen MR) is 119 cm³/mol. The van der Waals surface area contributed by atoms with Crippen molar-refractivity contribution in [1.29, 1.82) is 0 Å². The van der Waals surface area contributed by atoms with Crippen molar-refractivity contribution in [2.75, 3.05) is 19.0 Å². The minimum absolute atomic E-state index is 0.195. The monoisotopic (exact) mass is 445 g/mol. The maximum Gasteiger partial charge on any atom is 0.248 e. The van der Waals surface area contributed by atoms with Gasteiger partial charge in [0.1, 0.15) is 0 Å². The smallest absolute Gasteiger partial charge is 0.248 e. The van der Waals surface area contributed by atoms with Gasteiger partial charge in [-0.1, -0.05) is 38.3 Å². The van der Waals surface area contributed by atoms with Crippen molar-refractivity contribution in [3.8, 4) is 11.5 Å². The third-order valence-corrected chi connectivity index (χ3v) is 4.91. The van der Waals surface area contributed by atoms with Crippen LogP contribution in [0.15, 0.2) is 46.9 Å². The third kappa shape index (κ3) is 7.04. The Balaban J connectivity index is 1.96. The number of methoxy groups -OCH3 is 1. The van der Waals surface area contributed by atoms with E-state index in [9.17, 15) is 4.79 Å². The molecule has 28 heavy (non-hydrogen) atoms. The van der Waals surface area contributed by atoms with Crippen LogP contribution in [0.3, 0.4) is 0 Å². The van der Waals surface area contributed by atoms with E-state index in [2.05, 4.69) is 28.2 Å². The number of aryl methyl sites for hydroxylation is 1. The summed E-state index contributed by atoms with van der Waals surface area (Å²) in [7, 11) is 1.62. The molecule has 4 nitrogen and oxygen atoms in total. The lowest BCUT2D eigenvalue weighted by Crippen LogP contribution is -2.08. The number of nitrogens with one attached hydrogen (secondary N) is 1. The Labute approximate surface area is 176 Å². The maximum absolute atomic E-state index is 12.2. The van der Waals surface area contributed by atoms with E-state index in [4.69, 9.17) is 9.47 Å². The molecule has 0 fully saturated rings. The highest BCUT2D eigenvalue weighted by Gasteiger charge is 2.06.